The number of ether oxygens (including phenoxy) is 1. The summed E-state index contributed by atoms with van der Waals surface area (Å²) in [6.45, 7) is 7.09. The number of rotatable bonds is 8. The predicted octanol–water partition coefficient (Wildman–Crippen LogP) is 2.69. The number of aliphatic carboxylic acids is 1. The molecule has 3 nitrogen and oxygen atoms in total. The molecule has 1 unspecified atom stereocenters. The lowest BCUT2D eigenvalue weighted by Crippen LogP contribution is -2.28. The topological polar surface area (TPSA) is 46.5 Å². The molecular weight excluding hydrogens is 180 g/mol. The van der Waals surface area contributed by atoms with Crippen molar-refractivity contribution < 1.29 is 14.6 Å². The van der Waals surface area contributed by atoms with E-state index >= 15 is 0 Å². The molecule has 14 heavy (non-hydrogen) atoms. The normalized spacial score (nSPS) is 15.1. The van der Waals surface area contributed by atoms with Crippen LogP contribution >= 0.6 is 0 Å². The fourth-order valence-corrected chi connectivity index (χ4v) is 1.08. The van der Waals surface area contributed by atoms with E-state index in [2.05, 4.69) is 6.92 Å². The SMILES string of the molecule is CCCCOCCC(C)(CC)C(=O)O. The largest absolute Gasteiger partial charge is 0.481 e. The van der Waals surface area contributed by atoms with E-state index in [1.54, 1.807) is 6.92 Å². The summed E-state index contributed by atoms with van der Waals surface area (Å²) in [7, 11) is 0. The van der Waals surface area contributed by atoms with Crippen molar-refractivity contribution in [2.75, 3.05) is 13.2 Å². The monoisotopic (exact) mass is 202 g/mol. The third-order valence-corrected chi connectivity index (χ3v) is 2.74. The van der Waals surface area contributed by atoms with E-state index in [4.69, 9.17) is 9.84 Å². The Bertz CT molecular complexity index is 168. The molecule has 0 bridgehead atoms. The van der Waals surface area contributed by atoms with Crippen molar-refractivity contribution in [2.24, 2.45) is 5.41 Å². The highest BCUT2D eigenvalue weighted by Crippen LogP contribution is 2.25. The number of unbranched alkanes of at least 4 members (excludes halogenated alkanes) is 1. The van der Waals surface area contributed by atoms with E-state index in [9.17, 15) is 4.79 Å². The summed E-state index contributed by atoms with van der Waals surface area (Å²) in [4.78, 5) is 10.9. The van der Waals surface area contributed by atoms with Gasteiger partial charge in [0, 0.05) is 13.2 Å². The lowest BCUT2D eigenvalue weighted by Gasteiger charge is -2.22. The first-order valence-electron chi connectivity index (χ1n) is 5.38. The first-order chi connectivity index (χ1) is 6.56. The molecule has 0 aliphatic heterocycles. The minimum absolute atomic E-state index is 0.552. The summed E-state index contributed by atoms with van der Waals surface area (Å²) < 4.78 is 5.36. The second-order valence-corrected chi connectivity index (χ2v) is 3.94. The molecule has 0 aliphatic carbocycles. The molecule has 0 spiro atoms. The Kier molecular flexibility index (Phi) is 6.54. The van der Waals surface area contributed by atoms with E-state index in [0.29, 0.717) is 19.4 Å². The molecule has 0 aromatic rings. The van der Waals surface area contributed by atoms with Crippen molar-refractivity contribution in [1.82, 2.24) is 0 Å². The first-order valence-corrected chi connectivity index (χ1v) is 5.38. The Morgan fingerprint density at radius 2 is 2.00 bits per heavy atom. The molecule has 0 saturated carbocycles. The van der Waals surface area contributed by atoms with Crippen LogP contribution in [0.1, 0.15) is 46.5 Å². The van der Waals surface area contributed by atoms with Crippen molar-refractivity contribution >= 4 is 5.97 Å². The van der Waals surface area contributed by atoms with Gasteiger partial charge < -0.3 is 9.84 Å². The molecule has 1 atom stereocenters. The maximum absolute atomic E-state index is 10.9. The van der Waals surface area contributed by atoms with Crippen LogP contribution in [0, 0.1) is 5.41 Å². The summed E-state index contributed by atoms with van der Waals surface area (Å²) in [5.74, 6) is -0.723. The fourth-order valence-electron chi connectivity index (χ4n) is 1.08. The van der Waals surface area contributed by atoms with E-state index in [1.807, 2.05) is 6.92 Å². The van der Waals surface area contributed by atoms with Crippen LogP contribution in [0.2, 0.25) is 0 Å². The number of hydrogen-bond donors (Lipinski definition) is 1. The quantitative estimate of drug-likeness (QED) is 0.615. The highest BCUT2D eigenvalue weighted by atomic mass is 16.5. The number of carbonyl (C=O) groups is 1. The maximum atomic E-state index is 10.9. The van der Waals surface area contributed by atoms with Crippen LogP contribution in [0.3, 0.4) is 0 Å². The molecule has 3 heteroatoms. The molecule has 0 aromatic heterocycles. The van der Waals surface area contributed by atoms with Crippen molar-refractivity contribution in [2.45, 2.75) is 46.5 Å². The highest BCUT2D eigenvalue weighted by Gasteiger charge is 2.30. The van der Waals surface area contributed by atoms with Crippen LogP contribution < -0.4 is 0 Å². The van der Waals surface area contributed by atoms with Gasteiger partial charge in [0.15, 0.2) is 0 Å². The van der Waals surface area contributed by atoms with Crippen LogP contribution in [0.5, 0.6) is 0 Å². The standard InChI is InChI=1S/C11H22O3/c1-4-6-8-14-9-7-11(3,5-2)10(12)13/h4-9H2,1-3H3,(H,12,13). The lowest BCUT2D eigenvalue weighted by atomic mass is 9.84. The number of hydrogen-bond acceptors (Lipinski definition) is 2. The third kappa shape index (κ3) is 4.61. The molecule has 0 heterocycles. The van der Waals surface area contributed by atoms with Gasteiger partial charge in [0.2, 0.25) is 0 Å². The van der Waals surface area contributed by atoms with Crippen molar-refractivity contribution in [3.8, 4) is 0 Å². The Hall–Kier alpha value is -0.570. The first kappa shape index (κ1) is 13.4. The van der Waals surface area contributed by atoms with Gasteiger partial charge >= 0.3 is 5.97 Å². The summed E-state index contributed by atoms with van der Waals surface area (Å²) >= 11 is 0. The Morgan fingerprint density at radius 3 is 2.43 bits per heavy atom. The second-order valence-electron chi connectivity index (χ2n) is 3.94. The zero-order valence-electron chi connectivity index (χ0n) is 9.51. The molecule has 0 rings (SSSR count). The van der Waals surface area contributed by atoms with Gasteiger partial charge in [0.05, 0.1) is 5.41 Å². The molecule has 0 fully saturated rings. The molecular formula is C11H22O3. The Morgan fingerprint density at radius 1 is 1.36 bits per heavy atom. The lowest BCUT2D eigenvalue weighted by molar-refractivity contribution is -0.149. The van der Waals surface area contributed by atoms with Crippen LogP contribution in [0.4, 0.5) is 0 Å². The average Bonchev–Trinajstić information content (AvgIpc) is 2.17. The van der Waals surface area contributed by atoms with Crippen LogP contribution in [0.15, 0.2) is 0 Å². The van der Waals surface area contributed by atoms with Gasteiger partial charge in [0.25, 0.3) is 0 Å². The molecule has 0 aromatic carbocycles. The second kappa shape index (κ2) is 6.82. The number of carboxylic acids is 1. The fraction of sp³-hybridized carbons (Fsp3) is 0.909. The van der Waals surface area contributed by atoms with E-state index < -0.39 is 11.4 Å². The smallest absolute Gasteiger partial charge is 0.309 e. The summed E-state index contributed by atoms with van der Waals surface area (Å²) in [6, 6.07) is 0. The minimum atomic E-state index is -0.723. The number of carboxylic acid groups (broad SMARTS) is 1. The van der Waals surface area contributed by atoms with Gasteiger partial charge in [-0.05, 0) is 26.2 Å². The zero-order valence-corrected chi connectivity index (χ0v) is 9.51. The van der Waals surface area contributed by atoms with Crippen LogP contribution in [-0.4, -0.2) is 24.3 Å². The summed E-state index contributed by atoms with van der Waals surface area (Å²) in [5.41, 5.74) is -0.619. The third-order valence-electron chi connectivity index (χ3n) is 2.74. The molecule has 84 valence electrons. The summed E-state index contributed by atoms with van der Waals surface area (Å²) in [5, 5.41) is 8.98. The van der Waals surface area contributed by atoms with E-state index in [1.165, 1.54) is 0 Å². The van der Waals surface area contributed by atoms with Crippen molar-refractivity contribution in [3.63, 3.8) is 0 Å². The molecule has 0 amide bonds. The summed E-state index contributed by atoms with van der Waals surface area (Å²) in [6.07, 6.45) is 3.42. The zero-order chi connectivity index (χ0) is 11.0. The van der Waals surface area contributed by atoms with Gasteiger partial charge in [-0.1, -0.05) is 20.3 Å². The molecule has 0 aliphatic rings. The van der Waals surface area contributed by atoms with Crippen LogP contribution in [0.25, 0.3) is 0 Å². The maximum Gasteiger partial charge on any atom is 0.309 e. The highest BCUT2D eigenvalue weighted by molar-refractivity contribution is 5.73. The van der Waals surface area contributed by atoms with Gasteiger partial charge in [-0.25, -0.2) is 0 Å². The Balaban J connectivity index is 3.68. The van der Waals surface area contributed by atoms with Gasteiger partial charge in [-0.15, -0.1) is 0 Å². The predicted molar refractivity (Wildman–Crippen MR) is 56.4 cm³/mol. The van der Waals surface area contributed by atoms with E-state index in [-0.39, 0.29) is 0 Å². The van der Waals surface area contributed by atoms with E-state index in [0.717, 1.165) is 19.4 Å². The van der Waals surface area contributed by atoms with Gasteiger partial charge in [-0.2, -0.15) is 0 Å². The van der Waals surface area contributed by atoms with Gasteiger partial charge in [0.1, 0.15) is 0 Å². The van der Waals surface area contributed by atoms with Gasteiger partial charge in [-0.3, -0.25) is 4.79 Å². The average molecular weight is 202 g/mol. The molecule has 1 N–H and O–H groups in total. The van der Waals surface area contributed by atoms with Crippen molar-refractivity contribution in [3.05, 3.63) is 0 Å². The Labute approximate surface area is 86.5 Å². The molecule has 0 radical (unpaired) electrons. The minimum Gasteiger partial charge on any atom is -0.481 e. The van der Waals surface area contributed by atoms with Crippen LogP contribution in [-0.2, 0) is 9.53 Å². The van der Waals surface area contributed by atoms with Crippen molar-refractivity contribution in [1.29, 1.82) is 0 Å². The molecule has 0 saturated heterocycles.